The van der Waals surface area contributed by atoms with Crippen molar-refractivity contribution in [3.05, 3.63) is 42.0 Å². The Morgan fingerprint density at radius 2 is 1.61 bits per heavy atom. The van der Waals surface area contributed by atoms with Crippen LogP contribution in [0, 0.1) is 5.41 Å². The fraction of sp³-hybridized carbons (Fsp3) is 0.438. The van der Waals surface area contributed by atoms with E-state index in [0.29, 0.717) is 5.57 Å². The van der Waals surface area contributed by atoms with Crippen molar-refractivity contribution in [3.63, 3.8) is 0 Å². The largest absolute Gasteiger partial charge is 0.378 e. The first-order valence-electron chi connectivity index (χ1n) is 6.20. The zero-order valence-electron chi connectivity index (χ0n) is 11.8. The SMILES string of the molecule is C/C=C(\c1ccccc1)C(C)(O)C(=O)C(C)(C)C. The van der Waals surface area contributed by atoms with E-state index in [1.807, 2.05) is 58.0 Å². The summed E-state index contributed by atoms with van der Waals surface area (Å²) in [4.78, 5) is 12.4. The van der Waals surface area contributed by atoms with Crippen molar-refractivity contribution >= 4 is 11.4 Å². The van der Waals surface area contributed by atoms with Crippen LogP contribution in [0.1, 0.15) is 40.2 Å². The fourth-order valence-corrected chi connectivity index (χ4v) is 2.20. The Hall–Kier alpha value is -1.41. The quantitative estimate of drug-likeness (QED) is 0.886. The summed E-state index contributed by atoms with van der Waals surface area (Å²) in [6.45, 7) is 8.88. The number of allylic oxidation sites excluding steroid dienone is 1. The minimum absolute atomic E-state index is 0.174. The maximum atomic E-state index is 12.4. The number of benzene rings is 1. The third-order valence-corrected chi connectivity index (χ3v) is 3.02. The summed E-state index contributed by atoms with van der Waals surface area (Å²) in [5.74, 6) is -0.174. The Morgan fingerprint density at radius 3 is 2.00 bits per heavy atom. The zero-order valence-corrected chi connectivity index (χ0v) is 11.8. The van der Waals surface area contributed by atoms with Gasteiger partial charge in [-0.3, -0.25) is 4.79 Å². The highest BCUT2D eigenvalue weighted by Crippen LogP contribution is 2.33. The summed E-state index contributed by atoms with van der Waals surface area (Å²) in [5.41, 5.74) is -0.508. The van der Waals surface area contributed by atoms with Crippen molar-refractivity contribution in [1.82, 2.24) is 0 Å². The number of hydrogen-bond donors (Lipinski definition) is 1. The van der Waals surface area contributed by atoms with Gasteiger partial charge in [0.2, 0.25) is 0 Å². The van der Waals surface area contributed by atoms with Gasteiger partial charge in [0, 0.05) is 5.41 Å². The van der Waals surface area contributed by atoms with Gasteiger partial charge in [0.25, 0.3) is 0 Å². The number of Topliss-reactive ketones (excluding diaryl/α,β-unsaturated/α-hetero) is 1. The van der Waals surface area contributed by atoms with Crippen molar-refractivity contribution in [2.75, 3.05) is 0 Å². The van der Waals surface area contributed by atoms with Gasteiger partial charge in [0.15, 0.2) is 5.78 Å². The third-order valence-electron chi connectivity index (χ3n) is 3.02. The highest BCUT2D eigenvalue weighted by molar-refractivity contribution is 6.02. The molecule has 0 heterocycles. The standard InChI is InChI=1S/C16H22O2/c1-6-13(12-10-8-7-9-11-12)16(5,18)14(17)15(2,3)4/h6-11,18H,1-5H3/b13-6+. The number of aliphatic hydroxyl groups is 1. The lowest BCUT2D eigenvalue weighted by Crippen LogP contribution is -2.43. The number of ketones is 1. The van der Waals surface area contributed by atoms with Crippen molar-refractivity contribution in [2.45, 2.75) is 40.2 Å². The van der Waals surface area contributed by atoms with Crippen LogP contribution in [0.15, 0.2) is 36.4 Å². The van der Waals surface area contributed by atoms with Crippen molar-refractivity contribution in [1.29, 1.82) is 0 Å². The van der Waals surface area contributed by atoms with Crippen LogP contribution in [0.25, 0.3) is 5.57 Å². The van der Waals surface area contributed by atoms with Crippen LogP contribution in [0.2, 0.25) is 0 Å². The van der Waals surface area contributed by atoms with Gasteiger partial charge in [0.1, 0.15) is 5.60 Å². The molecule has 1 N–H and O–H groups in total. The smallest absolute Gasteiger partial charge is 0.173 e. The molecule has 98 valence electrons. The highest BCUT2D eigenvalue weighted by Gasteiger charge is 2.41. The van der Waals surface area contributed by atoms with E-state index in [1.165, 1.54) is 0 Å². The van der Waals surface area contributed by atoms with Gasteiger partial charge in [0.05, 0.1) is 0 Å². The minimum atomic E-state index is -1.46. The van der Waals surface area contributed by atoms with E-state index in [1.54, 1.807) is 13.0 Å². The van der Waals surface area contributed by atoms with Crippen LogP contribution >= 0.6 is 0 Å². The normalized spacial score (nSPS) is 16.2. The maximum Gasteiger partial charge on any atom is 0.173 e. The van der Waals surface area contributed by atoms with E-state index in [-0.39, 0.29) is 5.78 Å². The van der Waals surface area contributed by atoms with E-state index in [0.717, 1.165) is 5.56 Å². The van der Waals surface area contributed by atoms with Gasteiger partial charge in [-0.25, -0.2) is 0 Å². The zero-order chi connectivity index (χ0) is 14.0. The molecule has 2 heteroatoms. The Kier molecular flexibility index (Phi) is 4.12. The van der Waals surface area contributed by atoms with Gasteiger partial charge in [-0.15, -0.1) is 0 Å². The molecule has 0 bridgehead atoms. The Balaban J connectivity index is 3.22. The van der Waals surface area contributed by atoms with Crippen LogP contribution in [0.4, 0.5) is 0 Å². The summed E-state index contributed by atoms with van der Waals surface area (Å²) in [5, 5.41) is 10.6. The average Bonchev–Trinajstić information content (AvgIpc) is 2.29. The van der Waals surface area contributed by atoms with Gasteiger partial charge in [-0.1, -0.05) is 57.2 Å². The van der Waals surface area contributed by atoms with E-state index >= 15 is 0 Å². The van der Waals surface area contributed by atoms with Crippen LogP contribution in [-0.2, 0) is 4.79 Å². The Labute approximate surface area is 109 Å². The van der Waals surface area contributed by atoms with Crippen LogP contribution in [0.3, 0.4) is 0 Å². The first-order valence-corrected chi connectivity index (χ1v) is 6.20. The summed E-state index contributed by atoms with van der Waals surface area (Å²) < 4.78 is 0. The van der Waals surface area contributed by atoms with Gasteiger partial charge < -0.3 is 5.11 Å². The molecule has 0 saturated heterocycles. The molecule has 0 aliphatic rings. The Bertz CT molecular complexity index is 448. The molecule has 18 heavy (non-hydrogen) atoms. The van der Waals surface area contributed by atoms with E-state index in [2.05, 4.69) is 0 Å². The van der Waals surface area contributed by atoms with Gasteiger partial charge in [-0.2, -0.15) is 0 Å². The van der Waals surface area contributed by atoms with Crippen molar-refractivity contribution < 1.29 is 9.90 Å². The van der Waals surface area contributed by atoms with Gasteiger partial charge in [-0.05, 0) is 25.0 Å². The lowest BCUT2D eigenvalue weighted by Gasteiger charge is -2.31. The summed E-state index contributed by atoms with van der Waals surface area (Å²) >= 11 is 0. The number of hydrogen-bond acceptors (Lipinski definition) is 2. The van der Waals surface area contributed by atoms with Crippen LogP contribution in [-0.4, -0.2) is 16.5 Å². The van der Waals surface area contributed by atoms with Gasteiger partial charge >= 0.3 is 0 Å². The molecule has 0 fully saturated rings. The highest BCUT2D eigenvalue weighted by atomic mass is 16.3. The number of rotatable bonds is 3. The Morgan fingerprint density at radius 1 is 1.11 bits per heavy atom. The van der Waals surface area contributed by atoms with E-state index < -0.39 is 11.0 Å². The summed E-state index contributed by atoms with van der Waals surface area (Å²) in [6, 6.07) is 9.52. The molecule has 1 aromatic carbocycles. The first-order chi connectivity index (χ1) is 8.21. The molecule has 1 atom stereocenters. The monoisotopic (exact) mass is 246 g/mol. The predicted molar refractivity (Wildman–Crippen MR) is 75.2 cm³/mol. The number of carbonyl (C=O) groups excluding carboxylic acids is 1. The molecule has 0 aromatic heterocycles. The third kappa shape index (κ3) is 2.88. The molecule has 1 rings (SSSR count). The maximum absolute atomic E-state index is 12.4. The summed E-state index contributed by atoms with van der Waals surface area (Å²) in [6.07, 6.45) is 1.80. The molecule has 0 saturated carbocycles. The van der Waals surface area contributed by atoms with Crippen LogP contribution < -0.4 is 0 Å². The van der Waals surface area contributed by atoms with Crippen molar-refractivity contribution in [2.24, 2.45) is 5.41 Å². The molecule has 2 nitrogen and oxygen atoms in total. The molecule has 0 amide bonds. The van der Waals surface area contributed by atoms with E-state index in [9.17, 15) is 9.90 Å². The molecule has 0 aliphatic heterocycles. The second-order valence-corrected chi connectivity index (χ2v) is 5.72. The minimum Gasteiger partial charge on any atom is -0.378 e. The second-order valence-electron chi connectivity index (χ2n) is 5.72. The van der Waals surface area contributed by atoms with Crippen LogP contribution in [0.5, 0.6) is 0 Å². The van der Waals surface area contributed by atoms with E-state index in [4.69, 9.17) is 0 Å². The molecule has 0 radical (unpaired) electrons. The lowest BCUT2D eigenvalue weighted by atomic mass is 9.75. The second kappa shape index (κ2) is 5.07. The molecular weight excluding hydrogens is 224 g/mol. The topological polar surface area (TPSA) is 37.3 Å². The molecule has 0 aliphatic carbocycles. The summed E-state index contributed by atoms with van der Waals surface area (Å²) in [7, 11) is 0. The first kappa shape index (κ1) is 14.7. The number of carbonyl (C=O) groups is 1. The predicted octanol–water partition coefficient (Wildman–Crippen LogP) is 3.46. The molecule has 1 aromatic rings. The molecule has 1 unspecified atom stereocenters. The molecule has 0 spiro atoms. The average molecular weight is 246 g/mol. The lowest BCUT2D eigenvalue weighted by molar-refractivity contribution is -0.138. The fourth-order valence-electron chi connectivity index (χ4n) is 2.20. The van der Waals surface area contributed by atoms with Crippen molar-refractivity contribution in [3.8, 4) is 0 Å². The molecular formula is C16H22O2.